The van der Waals surface area contributed by atoms with Gasteiger partial charge in [0.15, 0.2) is 0 Å². The Morgan fingerprint density at radius 1 is 1.08 bits per heavy atom. The summed E-state index contributed by atoms with van der Waals surface area (Å²) in [7, 11) is 4.64. The normalized spacial score (nSPS) is 10.2. The lowest BCUT2D eigenvalue weighted by molar-refractivity contribution is -0.384. The SMILES string of the molecule is COc1cc(OC)c(CNc2ccc(Br)cc2[N+](=O)[O-])c(OC)c1. The first kappa shape index (κ1) is 17.9. The summed E-state index contributed by atoms with van der Waals surface area (Å²) in [6.07, 6.45) is 0. The number of nitro benzene ring substituents is 1. The Balaban J connectivity index is 2.34. The zero-order chi connectivity index (χ0) is 17.7. The quantitative estimate of drug-likeness (QED) is 0.562. The van der Waals surface area contributed by atoms with Crippen molar-refractivity contribution in [2.75, 3.05) is 26.6 Å². The molecule has 0 spiro atoms. The molecule has 2 rings (SSSR count). The Bertz CT molecular complexity index is 726. The third-order valence-corrected chi connectivity index (χ3v) is 3.92. The van der Waals surface area contributed by atoms with E-state index in [1.165, 1.54) is 6.07 Å². The lowest BCUT2D eigenvalue weighted by Gasteiger charge is -2.16. The fourth-order valence-electron chi connectivity index (χ4n) is 2.24. The van der Waals surface area contributed by atoms with Crippen molar-refractivity contribution in [3.05, 3.63) is 50.5 Å². The van der Waals surface area contributed by atoms with E-state index < -0.39 is 4.92 Å². The van der Waals surface area contributed by atoms with Gasteiger partial charge in [-0.15, -0.1) is 0 Å². The van der Waals surface area contributed by atoms with Gasteiger partial charge < -0.3 is 19.5 Å². The zero-order valence-corrected chi connectivity index (χ0v) is 15.0. The summed E-state index contributed by atoms with van der Waals surface area (Å²) in [5.74, 6) is 1.74. The first-order valence-electron chi connectivity index (χ1n) is 6.96. The van der Waals surface area contributed by atoms with E-state index in [4.69, 9.17) is 14.2 Å². The summed E-state index contributed by atoms with van der Waals surface area (Å²) in [5.41, 5.74) is 1.12. The van der Waals surface area contributed by atoms with Crippen LogP contribution in [0, 0.1) is 10.1 Å². The summed E-state index contributed by atoms with van der Waals surface area (Å²) in [6, 6.07) is 8.29. The summed E-state index contributed by atoms with van der Waals surface area (Å²) in [6.45, 7) is 0.290. The maximum atomic E-state index is 11.2. The van der Waals surface area contributed by atoms with Gasteiger partial charge in [-0.25, -0.2) is 0 Å². The molecule has 0 saturated carbocycles. The third-order valence-electron chi connectivity index (χ3n) is 3.43. The molecule has 0 fully saturated rings. The standard InChI is InChI=1S/C16H17BrN2O5/c1-22-11-7-15(23-2)12(16(8-11)24-3)9-18-13-5-4-10(17)6-14(13)19(20)21/h4-8,18H,9H2,1-3H3. The van der Waals surface area contributed by atoms with E-state index >= 15 is 0 Å². The molecule has 0 unspecified atom stereocenters. The number of halogens is 1. The number of nitro groups is 1. The number of hydrogen-bond donors (Lipinski definition) is 1. The van der Waals surface area contributed by atoms with Crippen molar-refractivity contribution in [3.63, 3.8) is 0 Å². The minimum absolute atomic E-state index is 0.0178. The largest absolute Gasteiger partial charge is 0.496 e. The molecular weight excluding hydrogens is 380 g/mol. The van der Waals surface area contributed by atoms with Gasteiger partial charge in [0.25, 0.3) is 5.69 Å². The molecule has 0 heterocycles. The van der Waals surface area contributed by atoms with Gasteiger partial charge in [-0.2, -0.15) is 0 Å². The molecule has 0 saturated heterocycles. The highest BCUT2D eigenvalue weighted by Gasteiger charge is 2.17. The predicted molar refractivity (Wildman–Crippen MR) is 94.2 cm³/mol. The van der Waals surface area contributed by atoms with Gasteiger partial charge >= 0.3 is 0 Å². The van der Waals surface area contributed by atoms with Crippen molar-refractivity contribution in [2.45, 2.75) is 6.54 Å². The number of nitrogens with one attached hydrogen (secondary N) is 1. The van der Waals surface area contributed by atoms with Crippen molar-refractivity contribution in [1.29, 1.82) is 0 Å². The topological polar surface area (TPSA) is 82.9 Å². The number of ether oxygens (including phenoxy) is 3. The summed E-state index contributed by atoms with van der Waals surface area (Å²) in [5, 5.41) is 14.3. The molecule has 0 bridgehead atoms. The van der Waals surface area contributed by atoms with Crippen LogP contribution in [0.1, 0.15) is 5.56 Å². The van der Waals surface area contributed by atoms with Crippen molar-refractivity contribution < 1.29 is 19.1 Å². The average molecular weight is 397 g/mol. The van der Waals surface area contributed by atoms with Crippen LogP contribution >= 0.6 is 15.9 Å². The summed E-state index contributed by atoms with van der Waals surface area (Å²) in [4.78, 5) is 10.8. The van der Waals surface area contributed by atoms with Crippen LogP contribution in [0.3, 0.4) is 0 Å². The molecule has 0 radical (unpaired) electrons. The molecule has 128 valence electrons. The number of rotatable bonds is 7. The Labute approximate surface area is 147 Å². The van der Waals surface area contributed by atoms with E-state index in [0.717, 1.165) is 5.56 Å². The third kappa shape index (κ3) is 3.88. The van der Waals surface area contributed by atoms with Gasteiger partial charge in [0.2, 0.25) is 0 Å². The van der Waals surface area contributed by atoms with E-state index in [-0.39, 0.29) is 5.69 Å². The highest BCUT2D eigenvalue weighted by atomic mass is 79.9. The summed E-state index contributed by atoms with van der Waals surface area (Å²) >= 11 is 3.24. The second-order valence-corrected chi connectivity index (χ2v) is 5.70. The summed E-state index contributed by atoms with van der Waals surface area (Å²) < 4.78 is 16.6. The second kappa shape index (κ2) is 7.87. The Kier molecular flexibility index (Phi) is 5.86. The first-order valence-corrected chi connectivity index (χ1v) is 7.76. The number of nitrogens with zero attached hydrogens (tertiary/aromatic N) is 1. The van der Waals surface area contributed by atoms with Crippen LogP contribution < -0.4 is 19.5 Å². The van der Waals surface area contributed by atoms with Crippen LogP contribution in [0.4, 0.5) is 11.4 Å². The number of anilines is 1. The maximum Gasteiger partial charge on any atom is 0.293 e. The van der Waals surface area contributed by atoms with Gasteiger partial charge in [-0.1, -0.05) is 15.9 Å². The van der Waals surface area contributed by atoms with E-state index in [2.05, 4.69) is 21.2 Å². The molecule has 2 aromatic rings. The van der Waals surface area contributed by atoms with E-state index in [1.54, 1.807) is 45.6 Å². The molecular formula is C16H17BrN2O5. The average Bonchev–Trinajstić information content (AvgIpc) is 2.59. The second-order valence-electron chi connectivity index (χ2n) is 4.78. The van der Waals surface area contributed by atoms with E-state index in [1.807, 2.05) is 0 Å². The maximum absolute atomic E-state index is 11.2. The van der Waals surface area contributed by atoms with Crippen LogP contribution in [0.5, 0.6) is 17.2 Å². The minimum Gasteiger partial charge on any atom is -0.496 e. The van der Waals surface area contributed by atoms with E-state index in [0.29, 0.717) is 34.0 Å². The van der Waals surface area contributed by atoms with Crippen LogP contribution in [-0.4, -0.2) is 26.3 Å². The molecule has 2 aromatic carbocycles. The van der Waals surface area contributed by atoms with Crippen molar-refractivity contribution >= 4 is 27.3 Å². The van der Waals surface area contributed by atoms with Gasteiger partial charge in [0.05, 0.1) is 31.8 Å². The van der Waals surface area contributed by atoms with Crippen molar-refractivity contribution in [2.24, 2.45) is 0 Å². The highest BCUT2D eigenvalue weighted by molar-refractivity contribution is 9.10. The van der Waals surface area contributed by atoms with Crippen LogP contribution in [-0.2, 0) is 6.54 Å². The van der Waals surface area contributed by atoms with Gasteiger partial charge in [-0.3, -0.25) is 10.1 Å². The number of hydrogen-bond acceptors (Lipinski definition) is 6. The Morgan fingerprint density at radius 3 is 2.21 bits per heavy atom. The zero-order valence-electron chi connectivity index (χ0n) is 13.5. The lowest BCUT2D eigenvalue weighted by Crippen LogP contribution is -2.06. The molecule has 0 amide bonds. The van der Waals surface area contributed by atoms with Gasteiger partial charge in [0, 0.05) is 29.2 Å². The molecule has 0 aromatic heterocycles. The molecule has 0 aliphatic rings. The van der Waals surface area contributed by atoms with E-state index in [9.17, 15) is 10.1 Å². The molecule has 0 aliphatic carbocycles. The number of methoxy groups -OCH3 is 3. The smallest absolute Gasteiger partial charge is 0.293 e. The molecule has 24 heavy (non-hydrogen) atoms. The molecule has 0 aliphatic heterocycles. The molecule has 8 heteroatoms. The van der Waals surface area contributed by atoms with Gasteiger partial charge in [0.1, 0.15) is 22.9 Å². The van der Waals surface area contributed by atoms with Crippen molar-refractivity contribution in [1.82, 2.24) is 0 Å². The lowest BCUT2D eigenvalue weighted by atomic mass is 10.1. The minimum atomic E-state index is -0.435. The van der Waals surface area contributed by atoms with Crippen LogP contribution in [0.2, 0.25) is 0 Å². The Hall–Kier alpha value is -2.48. The van der Waals surface area contributed by atoms with Crippen LogP contribution in [0.15, 0.2) is 34.8 Å². The van der Waals surface area contributed by atoms with Crippen molar-refractivity contribution in [3.8, 4) is 17.2 Å². The first-order chi connectivity index (χ1) is 11.5. The fourth-order valence-corrected chi connectivity index (χ4v) is 2.59. The fraction of sp³-hybridized carbons (Fsp3) is 0.250. The predicted octanol–water partition coefficient (Wildman–Crippen LogP) is 4.00. The Morgan fingerprint density at radius 2 is 1.71 bits per heavy atom. The van der Waals surface area contributed by atoms with Crippen LogP contribution in [0.25, 0.3) is 0 Å². The molecule has 0 atom stereocenters. The number of benzene rings is 2. The monoisotopic (exact) mass is 396 g/mol. The molecule has 1 N–H and O–H groups in total. The molecule has 7 nitrogen and oxygen atoms in total. The highest BCUT2D eigenvalue weighted by Crippen LogP contribution is 2.35. The van der Waals surface area contributed by atoms with Gasteiger partial charge in [-0.05, 0) is 12.1 Å².